The number of benzene rings is 3. The van der Waals surface area contributed by atoms with Crippen molar-refractivity contribution in [2.24, 2.45) is 11.8 Å². The Kier molecular flexibility index (Phi) is 6.03. The highest BCUT2D eigenvalue weighted by atomic mass is 16.5. The lowest BCUT2D eigenvalue weighted by molar-refractivity contribution is -0.165. The second kappa shape index (κ2) is 9.04. The van der Waals surface area contributed by atoms with Gasteiger partial charge in [0.25, 0.3) is 0 Å². The standard InChI is InChI=1S/C26H24O5/c1-30-20-14-12-17(13-15-20)16-31-26(29)24-21(18-8-4-2-5-9-18)23(25(27)28)22(24)19-10-6-3-7-11-19/h2-15,21-24H,16H2,1H3,(H,27,28)/t21-,22-,23-,24-/m0/s1. The van der Waals surface area contributed by atoms with Crippen molar-refractivity contribution in [3.63, 3.8) is 0 Å². The number of rotatable bonds is 7. The van der Waals surface area contributed by atoms with Crippen LogP contribution in [0.2, 0.25) is 0 Å². The van der Waals surface area contributed by atoms with Crippen LogP contribution in [-0.2, 0) is 20.9 Å². The van der Waals surface area contributed by atoms with Gasteiger partial charge in [0, 0.05) is 11.8 Å². The highest BCUT2D eigenvalue weighted by molar-refractivity contribution is 5.84. The number of carboxylic acid groups (broad SMARTS) is 1. The number of carbonyl (C=O) groups excluding carboxylic acids is 1. The summed E-state index contributed by atoms with van der Waals surface area (Å²) in [6.45, 7) is 0.125. The lowest BCUT2D eigenvalue weighted by atomic mass is 9.52. The van der Waals surface area contributed by atoms with Crippen LogP contribution in [0.3, 0.4) is 0 Å². The maximum atomic E-state index is 13.2. The van der Waals surface area contributed by atoms with Crippen molar-refractivity contribution in [1.82, 2.24) is 0 Å². The van der Waals surface area contributed by atoms with E-state index in [1.165, 1.54) is 0 Å². The zero-order valence-electron chi connectivity index (χ0n) is 17.2. The van der Waals surface area contributed by atoms with Crippen LogP contribution in [0.5, 0.6) is 5.75 Å². The second-order valence-corrected chi connectivity index (χ2v) is 7.72. The molecular weight excluding hydrogens is 392 g/mol. The first-order valence-corrected chi connectivity index (χ1v) is 10.2. The van der Waals surface area contributed by atoms with Gasteiger partial charge in [0.2, 0.25) is 0 Å². The van der Waals surface area contributed by atoms with Crippen LogP contribution in [0, 0.1) is 11.8 Å². The Morgan fingerprint density at radius 3 is 1.74 bits per heavy atom. The minimum Gasteiger partial charge on any atom is -0.497 e. The fourth-order valence-electron chi connectivity index (χ4n) is 4.50. The Bertz CT molecular complexity index is 983. The predicted octanol–water partition coefficient (Wildman–Crippen LogP) is 4.64. The van der Waals surface area contributed by atoms with Crippen molar-refractivity contribution in [3.05, 3.63) is 102 Å². The van der Waals surface area contributed by atoms with Gasteiger partial charge in [-0.15, -0.1) is 0 Å². The van der Waals surface area contributed by atoms with Gasteiger partial charge in [-0.3, -0.25) is 9.59 Å². The van der Waals surface area contributed by atoms with Crippen molar-refractivity contribution >= 4 is 11.9 Å². The maximum Gasteiger partial charge on any atom is 0.310 e. The van der Waals surface area contributed by atoms with E-state index < -0.39 is 29.6 Å². The van der Waals surface area contributed by atoms with Crippen LogP contribution in [0.1, 0.15) is 28.5 Å². The van der Waals surface area contributed by atoms with Gasteiger partial charge in [-0.05, 0) is 28.8 Å². The van der Waals surface area contributed by atoms with Gasteiger partial charge in [-0.2, -0.15) is 0 Å². The number of carboxylic acids is 1. The molecule has 0 aromatic heterocycles. The average molecular weight is 416 g/mol. The van der Waals surface area contributed by atoms with Crippen molar-refractivity contribution in [2.75, 3.05) is 7.11 Å². The number of aliphatic carboxylic acids is 1. The highest BCUT2D eigenvalue weighted by Crippen LogP contribution is 2.58. The van der Waals surface area contributed by atoms with E-state index in [1.807, 2.05) is 84.9 Å². The van der Waals surface area contributed by atoms with E-state index in [0.29, 0.717) is 0 Å². The van der Waals surface area contributed by atoms with Gasteiger partial charge in [0.15, 0.2) is 0 Å². The lowest BCUT2D eigenvalue weighted by Gasteiger charge is -2.49. The zero-order chi connectivity index (χ0) is 21.8. The first-order chi connectivity index (χ1) is 15.1. The van der Waals surface area contributed by atoms with E-state index >= 15 is 0 Å². The first-order valence-electron chi connectivity index (χ1n) is 10.2. The molecule has 2 atom stereocenters. The number of hydrogen-bond acceptors (Lipinski definition) is 4. The summed E-state index contributed by atoms with van der Waals surface area (Å²) in [4.78, 5) is 25.4. The fourth-order valence-corrected chi connectivity index (χ4v) is 4.50. The van der Waals surface area contributed by atoms with Gasteiger partial charge in [-0.25, -0.2) is 0 Å². The first kappa shape index (κ1) is 20.7. The van der Waals surface area contributed by atoms with E-state index in [0.717, 1.165) is 22.4 Å². The van der Waals surface area contributed by atoms with Crippen LogP contribution in [0.4, 0.5) is 0 Å². The Hall–Kier alpha value is -3.60. The minimum atomic E-state index is -0.901. The van der Waals surface area contributed by atoms with E-state index in [-0.39, 0.29) is 12.6 Å². The molecule has 3 aromatic rings. The fraction of sp³-hybridized carbons (Fsp3) is 0.231. The third-order valence-corrected chi connectivity index (χ3v) is 6.01. The van der Waals surface area contributed by atoms with Crippen LogP contribution in [0.15, 0.2) is 84.9 Å². The third kappa shape index (κ3) is 4.17. The summed E-state index contributed by atoms with van der Waals surface area (Å²) in [6.07, 6.45) is 0. The van der Waals surface area contributed by atoms with E-state index in [2.05, 4.69) is 0 Å². The molecule has 1 fully saturated rings. The van der Waals surface area contributed by atoms with E-state index in [1.54, 1.807) is 7.11 Å². The molecule has 0 aliphatic heterocycles. The molecule has 0 saturated heterocycles. The summed E-state index contributed by atoms with van der Waals surface area (Å²) in [5.74, 6) is -2.68. The number of methoxy groups -OCH3 is 1. The molecule has 0 unspecified atom stereocenters. The average Bonchev–Trinajstić information content (AvgIpc) is 2.78. The van der Waals surface area contributed by atoms with Crippen LogP contribution >= 0.6 is 0 Å². The monoisotopic (exact) mass is 416 g/mol. The summed E-state index contributed by atoms with van der Waals surface area (Å²) >= 11 is 0. The Labute approximate surface area is 181 Å². The minimum absolute atomic E-state index is 0.125. The van der Waals surface area contributed by atoms with Crippen molar-refractivity contribution in [3.8, 4) is 5.75 Å². The number of ether oxygens (including phenoxy) is 2. The summed E-state index contributed by atoms with van der Waals surface area (Å²) in [5, 5.41) is 9.99. The summed E-state index contributed by atoms with van der Waals surface area (Å²) in [5.41, 5.74) is 2.53. The number of esters is 1. The summed E-state index contributed by atoms with van der Waals surface area (Å²) in [6, 6.07) is 26.1. The Morgan fingerprint density at radius 1 is 0.774 bits per heavy atom. The van der Waals surface area contributed by atoms with Crippen LogP contribution in [0.25, 0.3) is 0 Å². The van der Waals surface area contributed by atoms with Gasteiger partial charge < -0.3 is 14.6 Å². The van der Waals surface area contributed by atoms with Crippen molar-refractivity contribution in [1.29, 1.82) is 0 Å². The number of carbonyl (C=O) groups is 2. The lowest BCUT2D eigenvalue weighted by Crippen LogP contribution is -2.51. The third-order valence-electron chi connectivity index (χ3n) is 6.01. The molecule has 1 saturated carbocycles. The molecule has 1 aliphatic rings. The second-order valence-electron chi connectivity index (χ2n) is 7.72. The summed E-state index contributed by atoms with van der Waals surface area (Å²) < 4.78 is 10.8. The molecule has 0 amide bonds. The SMILES string of the molecule is COc1ccc(COC(=O)[C@H]2[C@@H](c3ccccc3)[C@H](C(=O)O)[C@@H]2c2ccccc2)cc1. The smallest absolute Gasteiger partial charge is 0.310 e. The molecule has 1 aliphatic carbocycles. The molecule has 5 heteroatoms. The molecule has 5 nitrogen and oxygen atoms in total. The van der Waals surface area contributed by atoms with Gasteiger partial charge in [-0.1, -0.05) is 72.8 Å². The normalized spacial score (nSPS) is 22.2. The number of hydrogen-bond donors (Lipinski definition) is 1. The zero-order valence-corrected chi connectivity index (χ0v) is 17.2. The van der Waals surface area contributed by atoms with Gasteiger partial charge >= 0.3 is 11.9 Å². The molecule has 1 N–H and O–H groups in total. The maximum absolute atomic E-state index is 13.2. The van der Waals surface area contributed by atoms with Gasteiger partial charge in [0.05, 0.1) is 18.9 Å². The quantitative estimate of drug-likeness (QED) is 0.568. The van der Waals surface area contributed by atoms with Crippen molar-refractivity contribution in [2.45, 2.75) is 18.4 Å². The molecule has 4 rings (SSSR count). The van der Waals surface area contributed by atoms with Crippen LogP contribution < -0.4 is 4.74 Å². The molecule has 3 aromatic carbocycles. The highest BCUT2D eigenvalue weighted by Gasteiger charge is 2.59. The molecule has 0 heterocycles. The Balaban J connectivity index is 1.61. The van der Waals surface area contributed by atoms with E-state index in [9.17, 15) is 14.7 Å². The molecule has 158 valence electrons. The van der Waals surface area contributed by atoms with E-state index in [4.69, 9.17) is 9.47 Å². The predicted molar refractivity (Wildman–Crippen MR) is 116 cm³/mol. The Morgan fingerprint density at radius 2 is 1.29 bits per heavy atom. The van der Waals surface area contributed by atoms with Crippen LogP contribution in [-0.4, -0.2) is 24.2 Å². The summed E-state index contributed by atoms with van der Waals surface area (Å²) in [7, 11) is 1.60. The van der Waals surface area contributed by atoms with Crippen molar-refractivity contribution < 1.29 is 24.2 Å². The molecule has 0 radical (unpaired) electrons. The van der Waals surface area contributed by atoms with Gasteiger partial charge in [0.1, 0.15) is 12.4 Å². The molecule has 0 bridgehead atoms. The molecule has 0 spiro atoms. The molecule has 31 heavy (non-hydrogen) atoms. The topological polar surface area (TPSA) is 72.8 Å². The molecular formula is C26H24O5. The largest absolute Gasteiger partial charge is 0.497 e.